The van der Waals surface area contributed by atoms with E-state index in [0.717, 1.165) is 36.6 Å². The van der Waals surface area contributed by atoms with Crippen LogP contribution in [-0.4, -0.2) is 34.9 Å². The number of carbonyl (C=O) groups is 1. The molecule has 112 valence electrons. The molecular weight excluding hydrogens is 270 g/mol. The van der Waals surface area contributed by atoms with Crippen molar-refractivity contribution >= 4 is 17.2 Å². The van der Waals surface area contributed by atoms with Gasteiger partial charge in [-0.3, -0.25) is 10.1 Å². The summed E-state index contributed by atoms with van der Waals surface area (Å²) in [6.45, 7) is 7.86. The molecule has 0 radical (unpaired) electrons. The summed E-state index contributed by atoms with van der Waals surface area (Å²) >= 11 is 1.65. The Morgan fingerprint density at radius 3 is 2.50 bits per heavy atom. The van der Waals surface area contributed by atoms with E-state index in [1.807, 2.05) is 18.7 Å². The van der Waals surface area contributed by atoms with Gasteiger partial charge in [-0.1, -0.05) is 12.8 Å². The van der Waals surface area contributed by atoms with Crippen molar-refractivity contribution in [1.82, 2.24) is 15.2 Å². The maximum atomic E-state index is 12.5. The quantitative estimate of drug-likeness (QED) is 0.929. The number of aryl methyl sites for hydroxylation is 1. The van der Waals surface area contributed by atoms with Crippen LogP contribution < -0.4 is 5.32 Å². The lowest BCUT2D eigenvalue weighted by Crippen LogP contribution is -2.45. The SMILES string of the molecule is Cc1csc(C(C)NC(C)C(=O)N2CCCCCC2)n1. The van der Waals surface area contributed by atoms with Crippen molar-refractivity contribution in [3.63, 3.8) is 0 Å². The number of thiazole rings is 1. The average molecular weight is 295 g/mol. The minimum absolute atomic E-state index is 0.125. The third-order valence-corrected chi connectivity index (χ3v) is 4.94. The van der Waals surface area contributed by atoms with Crippen molar-refractivity contribution in [2.75, 3.05) is 13.1 Å². The first-order valence-electron chi connectivity index (χ1n) is 7.55. The van der Waals surface area contributed by atoms with E-state index >= 15 is 0 Å². The van der Waals surface area contributed by atoms with E-state index in [0.29, 0.717) is 0 Å². The van der Waals surface area contributed by atoms with Gasteiger partial charge >= 0.3 is 0 Å². The first kappa shape index (κ1) is 15.4. The molecule has 1 aliphatic rings. The fourth-order valence-electron chi connectivity index (χ4n) is 2.65. The molecule has 2 atom stereocenters. The van der Waals surface area contributed by atoms with Crippen LogP contribution in [0.3, 0.4) is 0 Å². The molecule has 1 N–H and O–H groups in total. The van der Waals surface area contributed by atoms with Crippen LogP contribution in [0.1, 0.15) is 56.3 Å². The van der Waals surface area contributed by atoms with Gasteiger partial charge in [0.1, 0.15) is 5.01 Å². The number of nitrogens with one attached hydrogen (secondary N) is 1. The summed E-state index contributed by atoms with van der Waals surface area (Å²) in [4.78, 5) is 19.0. The van der Waals surface area contributed by atoms with Gasteiger partial charge in [0.25, 0.3) is 0 Å². The molecule has 1 aromatic rings. The summed E-state index contributed by atoms with van der Waals surface area (Å²) in [6.07, 6.45) is 4.78. The van der Waals surface area contributed by atoms with E-state index in [4.69, 9.17) is 0 Å². The molecule has 1 fully saturated rings. The van der Waals surface area contributed by atoms with Crippen LogP contribution in [-0.2, 0) is 4.79 Å². The van der Waals surface area contributed by atoms with Gasteiger partial charge in [0, 0.05) is 24.2 Å². The number of amides is 1. The predicted octanol–water partition coefficient (Wildman–Crippen LogP) is 2.89. The van der Waals surface area contributed by atoms with Gasteiger partial charge in [-0.15, -0.1) is 11.3 Å². The van der Waals surface area contributed by atoms with Gasteiger partial charge in [-0.05, 0) is 33.6 Å². The molecule has 5 heteroatoms. The van der Waals surface area contributed by atoms with Gasteiger partial charge in [-0.25, -0.2) is 4.98 Å². The van der Waals surface area contributed by atoms with Crippen molar-refractivity contribution < 1.29 is 4.79 Å². The van der Waals surface area contributed by atoms with Crippen molar-refractivity contribution in [2.45, 2.75) is 58.5 Å². The van der Waals surface area contributed by atoms with Gasteiger partial charge in [0.15, 0.2) is 0 Å². The standard InChI is InChI=1S/C15H25N3OS/c1-11-10-20-14(16-11)12(2)17-13(3)15(19)18-8-6-4-5-7-9-18/h10,12-13,17H,4-9H2,1-3H3. The summed E-state index contributed by atoms with van der Waals surface area (Å²) in [6, 6.07) is -0.0214. The van der Waals surface area contributed by atoms with Gasteiger partial charge in [-0.2, -0.15) is 0 Å². The molecule has 2 rings (SSSR count). The number of likely N-dealkylation sites (tertiary alicyclic amines) is 1. The lowest BCUT2D eigenvalue weighted by atomic mass is 10.2. The Balaban J connectivity index is 1.89. The van der Waals surface area contributed by atoms with Crippen LogP contribution in [0.25, 0.3) is 0 Å². The number of hydrogen-bond donors (Lipinski definition) is 1. The Morgan fingerprint density at radius 1 is 1.30 bits per heavy atom. The molecular formula is C15H25N3OS. The topological polar surface area (TPSA) is 45.2 Å². The third-order valence-electron chi connectivity index (χ3n) is 3.80. The molecule has 0 saturated carbocycles. The summed E-state index contributed by atoms with van der Waals surface area (Å²) < 4.78 is 0. The van der Waals surface area contributed by atoms with Gasteiger partial charge in [0.2, 0.25) is 5.91 Å². The normalized spacial score (nSPS) is 19.4. The molecule has 1 saturated heterocycles. The van der Waals surface area contributed by atoms with E-state index in [9.17, 15) is 4.79 Å². The number of hydrogen-bond acceptors (Lipinski definition) is 4. The Hall–Kier alpha value is -0.940. The van der Waals surface area contributed by atoms with E-state index in [2.05, 4.69) is 22.6 Å². The Morgan fingerprint density at radius 2 is 1.95 bits per heavy atom. The highest BCUT2D eigenvalue weighted by molar-refractivity contribution is 7.09. The van der Waals surface area contributed by atoms with Crippen molar-refractivity contribution in [3.05, 3.63) is 16.1 Å². The highest BCUT2D eigenvalue weighted by Gasteiger charge is 2.23. The zero-order valence-electron chi connectivity index (χ0n) is 12.7. The van der Waals surface area contributed by atoms with E-state index in [1.54, 1.807) is 11.3 Å². The lowest BCUT2D eigenvalue weighted by Gasteiger charge is -2.26. The summed E-state index contributed by atoms with van der Waals surface area (Å²) in [5, 5.41) is 6.49. The zero-order valence-corrected chi connectivity index (χ0v) is 13.5. The second-order valence-electron chi connectivity index (χ2n) is 5.68. The van der Waals surface area contributed by atoms with Crippen LogP contribution in [0.2, 0.25) is 0 Å². The molecule has 1 amide bonds. The molecule has 0 spiro atoms. The second kappa shape index (κ2) is 7.18. The van der Waals surface area contributed by atoms with Gasteiger partial charge in [0.05, 0.1) is 12.1 Å². The highest BCUT2D eigenvalue weighted by Crippen LogP contribution is 2.18. The van der Waals surface area contributed by atoms with Crippen molar-refractivity contribution in [3.8, 4) is 0 Å². The van der Waals surface area contributed by atoms with Crippen LogP contribution in [0.4, 0.5) is 0 Å². The van der Waals surface area contributed by atoms with Crippen LogP contribution >= 0.6 is 11.3 Å². The zero-order chi connectivity index (χ0) is 14.5. The Kier molecular flexibility index (Phi) is 5.54. The molecule has 1 aromatic heterocycles. The molecule has 20 heavy (non-hydrogen) atoms. The number of carbonyl (C=O) groups excluding carboxylic acids is 1. The summed E-state index contributed by atoms with van der Waals surface area (Å²) in [7, 11) is 0. The number of aromatic nitrogens is 1. The predicted molar refractivity (Wildman–Crippen MR) is 82.9 cm³/mol. The Bertz CT molecular complexity index is 438. The molecule has 1 aliphatic heterocycles. The van der Waals surface area contributed by atoms with E-state index < -0.39 is 0 Å². The monoisotopic (exact) mass is 295 g/mol. The van der Waals surface area contributed by atoms with E-state index in [-0.39, 0.29) is 18.0 Å². The van der Waals surface area contributed by atoms with Crippen molar-refractivity contribution in [2.24, 2.45) is 0 Å². The maximum Gasteiger partial charge on any atom is 0.239 e. The van der Waals surface area contributed by atoms with Crippen LogP contribution in [0, 0.1) is 6.92 Å². The molecule has 0 aliphatic carbocycles. The summed E-state index contributed by atoms with van der Waals surface area (Å²) in [5.74, 6) is 0.229. The lowest BCUT2D eigenvalue weighted by molar-refractivity contribution is -0.133. The minimum atomic E-state index is -0.146. The first-order chi connectivity index (χ1) is 9.58. The Labute approximate surface area is 125 Å². The fraction of sp³-hybridized carbons (Fsp3) is 0.733. The third kappa shape index (κ3) is 4.03. The molecule has 2 heterocycles. The molecule has 4 nitrogen and oxygen atoms in total. The van der Waals surface area contributed by atoms with Crippen molar-refractivity contribution in [1.29, 1.82) is 0 Å². The highest BCUT2D eigenvalue weighted by atomic mass is 32.1. The molecule has 0 bridgehead atoms. The summed E-state index contributed by atoms with van der Waals surface area (Å²) in [5.41, 5.74) is 1.05. The van der Waals surface area contributed by atoms with E-state index in [1.165, 1.54) is 12.8 Å². The van der Waals surface area contributed by atoms with Crippen LogP contribution in [0.15, 0.2) is 5.38 Å². The average Bonchev–Trinajstić information content (AvgIpc) is 2.70. The molecule has 0 aromatic carbocycles. The van der Waals surface area contributed by atoms with Crippen LogP contribution in [0.5, 0.6) is 0 Å². The minimum Gasteiger partial charge on any atom is -0.341 e. The van der Waals surface area contributed by atoms with Gasteiger partial charge < -0.3 is 4.90 Å². The fourth-order valence-corrected chi connectivity index (χ4v) is 3.47. The smallest absolute Gasteiger partial charge is 0.239 e. The number of rotatable bonds is 4. The number of nitrogens with zero attached hydrogens (tertiary/aromatic N) is 2. The largest absolute Gasteiger partial charge is 0.341 e. The first-order valence-corrected chi connectivity index (χ1v) is 8.42. The maximum absolute atomic E-state index is 12.5. The second-order valence-corrected chi connectivity index (χ2v) is 6.57. The molecule has 2 unspecified atom stereocenters.